The lowest BCUT2D eigenvalue weighted by atomic mass is 9.79. The average Bonchev–Trinajstić information content (AvgIpc) is 2.87. The molecule has 0 saturated heterocycles. The lowest BCUT2D eigenvalue weighted by Crippen LogP contribution is -2.35. The molecule has 2 aliphatic carbocycles. The average molecular weight is 221 g/mol. The summed E-state index contributed by atoms with van der Waals surface area (Å²) in [5.41, 5.74) is -0.680. The Kier molecular flexibility index (Phi) is 3.13. The number of hydrogen-bond acceptors (Lipinski definition) is 3. The number of fused-ring (bicyclic) bond motifs is 2. The molecule has 1 radical (unpaired) electrons. The van der Waals surface area contributed by atoms with Gasteiger partial charge in [0.2, 0.25) is 0 Å². The fraction of sp³-hybridized carbons (Fsp3) is 0.615. The van der Waals surface area contributed by atoms with Crippen molar-refractivity contribution in [3.63, 3.8) is 0 Å². The topological polar surface area (TPSA) is 43.4 Å². The number of unbranched alkanes of at least 4 members (excludes halogenated alkanes) is 1. The molecule has 0 aromatic rings. The van der Waals surface area contributed by atoms with E-state index in [1.165, 1.54) is 0 Å². The van der Waals surface area contributed by atoms with Gasteiger partial charge in [-0.2, -0.15) is 0 Å². The van der Waals surface area contributed by atoms with Crippen LogP contribution in [0.2, 0.25) is 0 Å². The van der Waals surface area contributed by atoms with Gasteiger partial charge < -0.3 is 9.53 Å². The SMILES string of the molecule is CCCCOC(=O)C12C=CC([CH]C1C=O)C2. The van der Waals surface area contributed by atoms with Crippen molar-refractivity contribution in [2.45, 2.75) is 26.2 Å². The third-order valence-corrected chi connectivity index (χ3v) is 3.52. The smallest absolute Gasteiger partial charge is 0.316 e. The van der Waals surface area contributed by atoms with Crippen molar-refractivity contribution in [2.75, 3.05) is 6.61 Å². The van der Waals surface area contributed by atoms with Gasteiger partial charge in [0.15, 0.2) is 0 Å². The maximum absolute atomic E-state index is 12.0. The molecule has 0 aromatic heterocycles. The molecule has 0 aliphatic heterocycles. The predicted octanol–water partition coefficient (Wildman–Crippen LogP) is 1.93. The van der Waals surface area contributed by atoms with Crippen LogP contribution < -0.4 is 0 Å². The van der Waals surface area contributed by atoms with E-state index in [-0.39, 0.29) is 17.8 Å². The number of ether oxygens (including phenoxy) is 1. The molecule has 3 unspecified atom stereocenters. The first-order valence-corrected chi connectivity index (χ1v) is 5.90. The van der Waals surface area contributed by atoms with E-state index in [4.69, 9.17) is 4.74 Å². The zero-order chi connectivity index (χ0) is 11.6. The number of carbonyl (C=O) groups is 2. The minimum absolute atomic E-state index is 0.231. The van der Waals surface area contributed by atoms with Crippen molar-refractivity contribution in [1.82, 2.24) is 0 Å². The Morgan fingerprint density at radius 1 is 1.62 bits per heavy atom. The van der Waals surface area contributed by atoms with E-state index in [2.05, 4.69) is 6.92 Å². The van der Waals surface area contributed by atoms with Crippen LogP contribution in [0.25, 0.3) is 0 Å². The summed E-state index contributed by atoms with van der Waals surface area (Å²) in [4.78, 5) is 23.0. The van der Waals surface area contributed by atoms with Crippen LogP contribution in [0.1, 0.15) is 26.2 Å². The number of esters is 1. The Morgan fingerprint density at radius 2 is 2.44 bits per heavy atom. The summed E-state index contributed by atoms with van der Waals surface area (Å²) in [6.45, 7) is 2.51. The molecule has 16 heavy (non-hydrogen) atoms. The number of carbonyl (C=O) groups excluding carboxylic acids is 2. The number of rotatable bonds is 5. The normalized spacial score (nSPS) is 35.3. The second-order valence-corrected chi connectivity index (χ2v) is 4.61. The number of allylic oxidation sites excluding steroid dienone is 1. The van der Waals surface area contributed by atoms with Gasteiger partial charge in [0, 0.05) is 5.92 Å². The molecule has 0 aromatic carbocycles. The Labute approximate surface area is 95.9 Å². The van der Waals surface area contributed by atoms with Gasteiger partial charge in [-0.15, -0.1) is 0 Å². The van der Waals surface area contributed by atoms with Gasteiger partial charge in [-0.1, -0.05) is 25.5 Å². The molecule has 3 heteroatoms. The van der Waals surface area contributed by atoms with Crippen molar-refractivity contribution >= 4 is 12.3 Å². The molecule has 2 bridgehead atoms. The lowest BCUT2D eigenvalue weighted by molar-refractivity contribution is -0.155. The van der Waals surface area contributed by atoms with Gasteiger partial charge in [-0.3, -0.25) is 4.79 Å². The first kappa shape index (κ1) is 11.4. The van der Waals surface area contributed by atoms with E-state index < -0.39 is 5.41 Å². The summed E-state index contributed by atoms with van der Waals surface area (Å²) >= 11 is 0. The summed E-state index contributed by atoms with van der Waals surface area (Å²) in [5.74, 6) is -0.254. The Morgan fingerprint density at radius 3 is 3.06 bits per heavy atom. The van der Waals surface area contributed by atoms with E-state index in [0.29, 0.717) is 13.0 Å². The fourth-order valence-corrected chi connectivity index (χ4v) is 2.54. The van der Waals surface area contributed by atoms with E-state index in [1.54, 1.807) is 0 Å². The minimum Gasteiger partial charge on any atom is -0.465 e. The van der Waals surface area contributed by atoms with E-state index in [0.717, 1.165) is 19.1 Å². The van der Waals surface area contributed by atoms with Crippen molar-refractivity contribution in [3.05, 3.63) is 18.6 Å². The molecule has 2 rings (SSSR count). The van der Waals surface area contributed by atoms with E-state index in [1.807, 2.05) is 18.6 Å². The van der Waals surface area contributed by atoms with Crippen molar-refractivity contribution < 1.29 is 14.3 Å². The summed E-state index contributed by atoms with van der Waals surface area (Å²) in [7, 11) is 0. The molecule has 1 saturated carbocycles. The molecule has 3 atom stereocenters. The van der Waals surface area contributed by atoms with Crippen molar-refractivity contribution in [1.29, 1.82) is 0 Å². The van der Waals surface area contributed by atoms with Crippen LogP contribution in [0.3, 0.4) is 0 Å². The highest BCUT2D eigenvalue weighted by Crippen LogP contribution is 2.52. The predicted molar refractivity (Wildman–Crippen MR) is 59.4 cm³/mol. The first-order chi connectivity index (χ1) is 7.73. The standard InChI is InChI=1S/C13H17O3/c1-2-3-6-16-12(15)13-5-4-10(8-13)7-11(13)9-14/h4-5,7,9-11H,2-3,6,8H2,1H3. The fourth-order valence-electron chi connectivity index (χ4n) is 2.54. The van der Waals surface area contributed by atoms with Gasteiger partial charge in [0.1, 0.15) is 6.29 Å². The summed E-state index contributed by atoms with van der Waals surface area (Å²) in [6, 6.07) is 0. The highest BCUT2D eigenvalue weighted by Gasteiger charge is 2.54. The van der Waals surface area contributed by atoms with Crippen molar-refractivity contribution in [3.8, 4) is 0 Å². The second-order valence-electron chi connectivity index (χ2n) is 4.61. The summed E-state index contributed by atoms with van der Waals surface area (Å²) < 4.78 is 5.25. The first-order valence-electron chi connectivity index (χ1n) is 5.90. The monoisotopic (exact) mass is 221 g/mol. The van der Waals surface area contributed by atoms with Gasteiger partial charge in [0.05, 0.1) is 12.0 Å². The van der Waals surface area contributed by atoms with E-state index >= 15 is 0 Å². The van der Waals surface area contributed by atoms with Crippen LogP contribution in [0.4, 0.5) is 0 Å². The van der Waals surface area contributed by atoms with Crippen LogP contribution in [-0.4, -0.2) is 18.9 Å². The Balaban J connectivity index is 2.03. The van der Waals surface area contributed by atoms with Crippen LogP contribution in [0.15, 0.2) is 12.2 Å². The second kappa shape index (κ2) is 4.40. The third kappa shape index (κ3) is 1.68. The number of aldehydes is 1. The van der Waals surface area contributed by atoms with Gasteiger partial charge in [-0.25, -0.2) is 0 Å². The molecule has 3 nitrogen and oxygen atoms in total. The number of hydrogen-bond donors (Lipinski definition) is 0. The molecule has 0 spiro atoms. The maximum atomic E-state index is 12.0. The lowest BCUT2D eigenvalue weighted by Gasteiger charge is -2.26. The molecule has 87 valence electrons. The molecule has 0 amide bonds. The molecule has 2 aliphatic rings. The third-order valence-electron chi connectivity index (χ3n) is 3.52. The molecule has 0 N–H and O–H groups in total. The van der Waals surface area contributed by atoms with Crippen LogP contribution in [0.5, 0.6) is 0 Å². The highest BCUT2D eigenvalue weighted by molar-refractivity contribution is 5.86. The summed E-state index contributed by atoms with van der Waals surface area (Å²) in [5, 5.41) is 0. The molecule has 0 heterocycles. The molecular formula is C13H17O3. The largest absolute Gasteiger partial charge is 0.465 e. The Bertz CT molecular complexity index is 321. The van der Waals surface area contributed by atoms with Crippen LogP contribution in [0, 0.1) is 23.7 Å². The van der Waals surface area contributed by atoms with Crippen LogP contribution >= 0.6 is 0 Å². The van der Waals surface area contributed by atoms with Crippen LogP contribution in [-0.2, 0) is 14.3 Å². The van der Waals surface area contributed by atoms with Gasteiger partial charge in [-0.05, 0) is 25.2 Å². The zero-order valence-corrected chi connectivity index (χ0v) is 9.52. The highest BCUT2D eigenvalue weighted by atomic mass is 16.5. The maximum Gasteiger partial charge on any atom is 0.316 e. The van der Waals surface area contributed by atoms with Crippen molar-refractivity contribution in [2.24, 2.45) is 17.3 Å². The molecule has 1 fully saturated rings. The van der Waals surface area contributed by atoms with E-state index in [9.17, 15) is 9.59 Å². The quantitative estimate of drug-likeness (QED) is 0.308. The van der Waals surface area contributed by atoms with Gasteiger partial charge >= 0.3 is 5.97 Å². The Hall–Kier alpha value is -1.12. The minimum atomic E-state index is -0.680. The zero-order valence-electron chi connectivity index (χ0n) is 9.52. The molecular weight excluding hydrogens is 204 g/mol. The summed E-state index contributed by atoms with van der Waals surface area (Å²) in [6.07, 6.45) is 9.28. The van der Waals surface area contributed by atoms with Gasteiger partial charge in [0.25, 0.3) is 0 Å².